The molecule has 2 rings (SSSR count). The highest BCUT2D eigenvalue weighted by molar-refractivity contribution is 6.05. The Kier molecular flexibility index (Phi) is 4.08. The summed E-state index contributed by atoms with van der Waals surface area (Å²) in [7, 11) is 1.49. The van der Waals surface area contributed by atoms with E-state index < -0.39 is 5.91 Å². The third-order valence-corrected chi connectivity index (χ3v) is 2.83. The van der Waals surface area contributed by atoms with E-state index in [0.717, 1.165) is 0 Å². The summed E-state index contributed by atoms with van der Waals surface area (Å²) in [4.78, 5) is 23.3. The van der Waals surface area contributed by atoms with Gasteiger partial charge in [-0.3, -0.25) is 9.59 Å². The third kappa shape index (κ3) is 3.50. The van der Waals surface area contributed by atoms with Gasteiger partial charge in [-0.2, -0.15) is 0 Å². The van der Waals surface area contributed by atoms with Gasteiger partial charge in [-0.25, -0.2) is 0 Å². The van der Waals surface area contributed by atoms with Crippen molar-refractivity contribution in [1.29, 1.82) is 0 Å². The zero-order valence-electron chi connectivity index (χ0n) is 11.4. The summed E-state index contributed by atoms with van der Waals surface area (Å²) >= 11 is 0. The van der Waals surface area contributed by atoms with Gasteiger partial charge in [0.05, 0.1) is 7.11 Å². The fraction of sp³-hybridized carbons (Fsp3) is 0.0667. The summed E-state index contributed by atoms with van der Waals surface area (Å²) in [5.41, 5.74) is 12.5. The van der Waals surface area contributed by atoms with Crippen molar-refractivity contribution in [3.05, 3.63) is 53.6 Å². The number of nitrogen functional groups attached to an aromatic ring is 1. The van der Waals surface area contributed by atoms with Crippen LogP contribution in [0.15, 0.2) is 42.5 Å². The van der Waals surface area contributed by atoms with Crippen LogP contribution < -0.4 is 21.5 Å². The third-order valence-electron chi connectivity index (χ3n) is 2.83. The van der Waals surface area contributed by atoms with E-state index >= 15 is 0 Å². The molecule has 0 saturated carbocycles. The molecule has 0 bridgehead atoms. The molecule has 108 valence electrons. The second-order valence-corrected chi connectivity index (χ2v) is 4.39. The van der Waals surface area contributed by atoms with Gasteiger partial charge in [0.25, 0.3) is 5.91 Å². The molecule has 5 N–H and O–H groups in total. The van der Waals surface area contributed by atoms with Crippen LogP contribution >= 0.6 is 0 Å². The Balaban J connectivity index is 2.23. The minimum Gasteiger partial charge on any atom is -0.497 e. The normalized spacial score (nSPS) is 9.95. The topological polar surface area (TPSA) is 107 Å². The van der Waals surface area contributed by atoms with Crippen molar-refractivity contribution in [1.82, 2.24) is 0 Å². The Morgan fingerprint density at radius 3 is 2.52 bits per heavy atom. The van der Waals surface area contributed by atoms with Gasteiger partial charge in [0, 0.05) is 28.6 Å². The van der Waals surface area contributed by atoms with Crippen molar-refractivity contribution in [2.24, 2.45) is 5.73 Å². The molecule has 6 nitrogen and oxygen atoms in total. The highest BCUT2D eigenvalue weighted by Crippen LogP contribution is 2.20. The fourth-order valence-electron chi connectivity index (χ4n) is 1.82. The second-order valence-electron chi connectivity index (χ2n) is 4.39. The van der Waals surface area contributed by atoms with Gasteiger partial charge in [0.2, 0.25) is 5.91 Å². The van der Waals surface area contributed by atoms with Crippen LogP contribution in [0.1, 0.15) is 20.7 Å². The number of primary amides is 1. The Morgan fingerprint density at radius 2 is 1.86 bits per heavy atom. The highest BCUT2D eigenvalue weighted by atomic mass is 16.5. The number of ether oxygens (including phenoxy) is 1. The Labute approximate surface area is 121 Å². The molecule has 0 aromatic heterocycles. The molecule has 0 unspecified atom stereocenters. The molecule has 0 spiro atoms. The predicted molar refractivity (Wildman–Crippen MR) is 80.3 cm³/mol. The van der Waals surface area contributed by atoms with Crippen LogP contribution in [0.5, 0.6) is 5.75 Å². The van der Waals surface area contributed by atoms with Crippen LogP contribution in [-0.4, -0.2) is 18.9 Å². The average molecular weight is 285 g/mol. The van der Waals surface area contributed by atoms with Crippen LogP contribution in [0.2, 0.25) is 0 Å². The molecule has 0 aliphatic carbocycles. The number of methoxy groups -OCH3 is 1. The summed E-state index contributed by atoms with van der Waals surface area (Å²) in [5, 5.41) is 2.67. The van der Waals surface area contributed by atoms with Crippen molar-refractivity contribution in [3.63, 3.8) is 0 Å². The maximum atomic E-state index is 12.2. The Morgan fingerprint density at radius 1 is 1.10 bits per heavy atom. The number of anilines is 2. The zero-order chi connectivity index (χ0) is 15.4. The molecule has 2 aromatic rings. The first kappa shape index (κ1) is 14.4. The van der Waals surface area contributed by atoms with E-state index in [1.165, 1.54) is 19.2 Å². The molecule has 2 amide bonds. The maximum Gasteiger partial charge on any atom is 0.255 e. The van der Waals surface area contributed by atoms with Crippen LogP contribution in [-0.2, 0) is 0 Å². The van der Waals surface area contributed by atoms with Crippen LogP contribution in [0.4, 0.5) is 11.4 Å². The molecule has 0 atom stereocenters. The molecule has 0 fully saturated rings. The van der Waals surface area contributed by atoms with Crippen molar-refractivity contribution >= 4 is 23.2 Å². The van der Waals surface area contributed by atoms with Gasteiger partial charge in [0.1, 0.15) is 5.75 Å². The molecular formula is C15H15N3O3. The standard InChI is InChI=1S/C15H15N3O3/c1-21-13-7-10(5-11(16)8-13)15(20)18-12-4-2-3-9(6-12)14(17)19/h2-8H,16H2,1H3,(H2,17,19)(H,18,20). The van der Waals surface area contributed by atoms with Crippen molar-refractivity contribution < 1.29 is 14.3 Å². The molecular weight excluding hydrogens is 270 g/mol. The molecule has 2 aromatic carbocycles. The molecule has 0 saturated heterocycles. The lowest BCUT2D eigenvalue weighted by molar-refractivity contribution is 0.0996. The SMILES string of the molecule is COc1cc(N)cc(C(=O)Nc2cccc(C(N)=O)c2)c1. The number of nitrogens with one attached hydrogen (secondary N) is 1. The van der Waals surface area contributed by atoms with Gasteiger partial charge in [-0.1, -0.05) is 6.07 Å². The summed E-state index contributed by atoms with van der Waals surface area (Å²) in [6.45, 7) is 0. The first-order valence-electron chi connectivity index (χ1n) is 6.15. The van der Waals surface area contributed by atoms with Gasteiger partial charge in [0.15, 0.2) is 0 Å². The van der Waals surface area contributed by atoms with Crippen LogP contribution in [0.25, 0.3) is 0 Å². The summed E-state index contributed by atoms with van der Waals surface area (Å²) in [6, 6.07) is 11.1. The quantitative estimate of drug-likeness (QED) is 0.742. The lowest BCUT2D eigenvalue weighted by atomic mass is 10.1. The number of hydrogen-bond donors (Lipinski definition) is 3. The van der Waals surface area contributed by atoms with E-state index in [1.807, 2.05) is 0 Å². The smallest absolute Gasteiger partial charge is 0.255 e. The first-order chi connectivity index (χ1) is 9.99. The maximum absolute atomic E-state index is 12.2. The van der Waals surface area contributed by atoms with Crippen molar-refractivity contribution in [3.8, 4) is 5.75 Å². The molecule has 0 radical (unpaired) electrons. The van der Waals surface area contributed by atoms with E-state index in [9.17, 15) is 9.59 Å². The summed E-state index contributed by atoms with van der Waals surface area (Å²) in [5.74, 6) is -0.426. The lowest BCUT2D eigenvalue weighted by Crippen LogP contribution is -2.14. The molecule has 0 aliphatic heterocycles. The van der Waals surface area contributed by atoms with Crippen LogP contribution in [0, 0.1) is 0 Å². The minimum atomic E-state index is -0.559. The summed E-state index contributed by atoms with van der Waals surface area (Å²) in [6.07, 6.45) is 0. The van der Waals surface area contributed by atoms with E-state index in [4.69, 9.17) is 16.2 Å². The Bertz CT molecular complexity index is 698. The number of carbonyl (C=O) groups excluding carboxylic acids is 2. The summed E-state index contributed by atoms with van der Waals surface area (Å²) < 4.78 is 5.07. The van der Waals surface area contributed by atoms with Gasteiger partial charge >= 0.3 is 0 Å². The molecule has 0 heterocycles. The second kappa shape index (κ2) is 5.96. The fourth-order valence-corrected chi connectivity index (χ4v) is 1.82. The number of carbonyl (C=O) groups is 2. The van der Waals surface area contributed by atoms with E-state index in [1.54, 1.807) is 30.3 Å². The largest absolute Gasteiger partial charge is 0.497 e. The van der Waals surface area contributed by atoms with E-state index in [2.05, 4.69) is 5.32 Å². The number of rotatable bonds is 4. The molecule has 6 heteroatoms. The van der Waals surface area contributed by atoms with Crippen LogP contribution in [0.3, 0.4) is 0 Å². The van der Waals surface area contributed by atoms with Gasteiger partial charge < -0.3 is 21.5 Å². The molecule has 21 heavy (non-hydrogen) atoms. The monoisotopic (exact) mass is 285 g/mol. The Hall–Kier alpha value is -3.02. The lowest BCUT2D eigenvalue weighted by Gasteiger charge is -2.08. The van der Waals surface area contributed by atoms with E-state index in [0.29, 0.717) is 28.3 Å². The van der Waals surface area contributed by atoms with Gasteiger partial charge in [-0.05, 0) is 30.3 Å². The highest BCUT2D eigenvalue weighted by Gasteiger charge is 2.10. The van der Waals surface area contributed by atoms with Crippen molar-refractivity contribution in [2.75, 3.05) is 18.2 Å². The molecule has 0 aliphatic rings. The number of amides is 2. The predicted octanol–water partition coefficient (Wildman–Crippen LogP) is 1.63. The average Bonchev–Trinajstić information content (AvgIpc) is 2.46. The van der Waals surface area contributed by atoms with Crippen molar-refractivity contribution in [2.45, 2.75) is 0 Å². The minimum absolute atomic E-state index is 0.318. The van der Waals surface area contributed by atoms with Gasteiger partial charge in [-0.15, -0.1) is 0 Å². The number of hydrogen-bond acceptors (Lipinski definition) is 4. The zero-order valence-corrected chi connectivity index (χ0v) is 11.4. The number of nitrogens with two attached hydrogens (primary N) is 2. The van der Waals surface area contributed by atoms with E-state index in [-0.39, 0.29) is 5.91 Å². The first-order valence-corrected chi connectivity index (χ1v) is 6.15. The number of benzene rings is 2.